The van der Waals surface area contributed by atoms with Crippen LogP contribution in [0, 0.1) is 11.7 Å². The van der Waals surface area contributed by atoms with Crippen molar-refractivity contribution in [3.8, 4) is 0 Å². The molecule has 1 aliphatic heterocycles. The summed E-state index contributed by atoms with van der Waals surface area (Å²) in [6, 6.07) is 5.94. The Hall–Kier alpha value is -2.11. The molecule has 1 unspecified atom stereocenters. The highest BCUT2D eigenvalue weighted by Crippen LogP contribution is 2.19. The molecule has 0 spiro atoms. The third-order valence-electron chi connectivity index (χ3n) is 3.62. The predicted molar refractivity (Wildman–Crippen MR) is 86.2 cm³/mol. The Bertz CT molecular complexity index is 566. The first-order valence-corrected chi connectivity index (χ1v) is 7.81. The van der Waals surface area contributed by atoms with Crippen molar-refractivity contribution < 1.29 is 14.0 Å². The van der Waals surface area contributed by atoms with E-state index in [0.29, 0.717) is 26.1 Å². The SMILES string of the molecule is CC(C)(C)NC(=O)NCC1CC(=O)N(Cc2ccc(F)cc2)C1. The second-order valence-electron chi connectivity index (χ2n) is 7.06. The lowest BCUT2D eigenvalue weighted by Gasteiger charge is -2.21. The number of halogens is 1. The van der Waals surface area contributed by atoms with E-state index in [9.17, 15) is 14.0 Å². The number of carbonyl (C=O) groups is 2. The van der Waals surface area contributed by atoms with Crippen LogP contribution in [0.2, 0.25) is 0 Å². The van der Waals surface area contributed by atoms with Gasteiger partial charge in [0.1, 0.15) is 5.82 Å². The van der Waals surface area contributed by atoms with Crippen LogP contribution in [0.1, 0.15) is 32.8 Å². The number of benzene rings is 1. The molecule has 1 aromatic rings. The average Bonchev–Trinajstić information content (AvgIpc) is 2.78. The predicted octanol–water partition coefficient (Wildman–Crippen LogP) is 2.27. The van der Waals surface area contributed by atoms with Gasteiger partial charge in [0.15, 0.2) is 0 Å². The molecule has 0 bridgehead atoms. The zero-order valence-corrected chi connectivity index (χ0v) is 13.9. The molecule has 23 heavy (non-hydrogen) atoms. The Labute approximate surface area is 136 Å². The molecular formula is C17H24FN3O2. The van der Waals surface area contributed by atoms with Crippen molar-refractivity contribution in [2.24, 2.45) is 5.92 Å². The number of amides is 3. The van der Waals surface area contributed by atoms with Gasteiger partial charge in [0.05, 0.1) is 0 Å². The Morgan fingerprint density at radius 2 is 1.96 bits per heavy atom. The van der Waals surface area contributed by atoms with Crippen molar-refractivity contribution in [2.75, 3.05) is 13.1 Å². The zero-order chi connectivity index (χ0) is 17.0. The quantitative estimate of drug-likeness (QED) is 0.894. The zero-order valence-electron chi connectivity index (χ0n) is 13.9. The van der Waals surface area contributed by atoms with Crippen LogP contribution in [-0.2, 0) is 11.3 Å². The van der Waals surface area contributed by atoms with E-state index >= 15 is 0 Å². The molecule has 0 aliphatic carbocycles. The van der Waals surface area contributed by atoms with Crippen LogP contribution < -0.4 is 10.6 Å². The summed E-state index contributed by atoms with van der Waals surface area (Å²) < 4.78 is 12.9. The fourth-order valence-electron chi connectivity index (χ4n) is 2.58. The molecule has 5 nitrogen and oxygen atoms in total. The number of likely N-dealkylation sites (tertiary alicyclic amines) is 1. The fraction of sp³-hybridized carbons (Fsp3) is 0.529. The molecule has 0 radical (unpaired) electrons. The van der Waals surface area contributed by atoms with E-state index in [1.807, 2.05) is 20.8 Å². The first-order valence-electron chi connectivity index (χ1n) is 7.81. The lowest BCUT2D eigenvalue weighted by molar-refractivity contribution is -0.128. The summed E-state index contributed by atoms with van der Waals surface area (Å²) in [5.74, 6) is -0.112. The van der Waals surface area contributed by atoms with Gasteiger partial charge in [0.2, 0.25) is 5.91 Å². The van der Waals surface area contributed by atoms with Crippen LogP contribution in [-0.4, -0.2) is 35.5 Å². The monoisotopic (exact) mass is 321 g/mol. The van der Waals surface area contributed by atoms with Crippen molar-refractivity contribution >= 4 is 11.9 Å². The lowest BCUT2D eigenvalue weighted by Crippen LogP contribution is -2.47. The van der Waals surface area contributed by atoms with Crippen LogP contribution in [0.15, 0.2) is 24.3 Å². The summed E-state index contributed by atoms with van der Waals surface area (Å²) in [6.07, 6.45) is 0.428. The number of nitrogens with zero attached hydrogens (tertiary/aromatic N) is 1. The van der Waals surface area contributed by atoms with Gasteiger partial charge in [-0.05, 0) is 38.5 Å². The van der Waals surface area contributed by atoms with Gasteiger partial charge in [-0.3, -0.25) is 4.79 Å². The Morgan fingerprint density at radius 1 is 1.30 bits per heavy atom. The first-order chi connectivity index (χ1) is 10.7. The highest BCUT2D eigenvalue weighted by atomic mass is 19.1. The minimum absolute atomic E-state index is 0.0670. The third-order valence-corrected chi connectivity index (χ3v) is 3.62. The smallest absolute Gasteiger partial charge is 0.315 e. The summed E-state index contributed by atoms with van der Waals surface area (Å²) >= 11 is 0. The van der Waals surface area contributed by atoms with E-state index in [-0.39, 0.29) is 29.2 Å². The molecule has 126 valence electrons. The van der Waals surface area contributed by atoms with E-state index < -0.39 is 0 Å². The van der Waals surface area contributed by atoms with Gasteiger partial charge in [-0.1, -0.05) is 12.1 Å². The maximum Gasteiger partial charge on any atom is 0.315 e. The third kappa shape index (κ3) is 5.54. The largest absolute Gasteiger partial charge is 0.338 e. The summed E-state index contributed by atoms with van der Waals surface area (Å²) in [5.41, 5.74) is 0.614. The number of hydrogen-bond donors (Lipinski definition) is 2. The van der Waals surface area contributed by atoms with Crippen molar-refractivity contribution in [1.82, 2.24) is 15.5 Å². The first kappa shape index (κ1) is 17.2. The van der Waals surface area contributed by atoms with Crippen molar-refractivity contribution in [3.05, 3.63) is 35.6 Å². The highest BCUT2D eigenvalue weighted by Gasteiger charge is 2.29. The second-order valence-corrected chi connectivity index (χ2v) is 7.06. The van der Waals surface area contributed by atoms with E-state index in [4.69, 9.17) is 0 Å². The standard InChI is InChI=1S/C17H24FN3O2/c1-17(2,3)20-16(23)19-9-13-8-15(22)21(11-13)10-12-4-6-14(18)7-5-12/h4-7,13H,8-11H2,1-3H3,(H2,19,20,23). The molecule has 2 rings (SSSR count). The Morgan fingerprint density at radius 3 is 2.57 bits per heavy atom. The maximum absolute atomic E-state index is 12.9. The highest BCUT2D eigenvalue weighted by molar-refractivity contribution is 5.79. The van der Waals surface area contributed by atoms with Crippen LogP contribution in [0.25, 0.3) is 0 Å². The Balaban J connectivity index is 1.80. The van der Waals surface area contributed by atoms with Crippen molar-refractivity contribution in [1.29, 1.82) is 0 Å². The van der Waals surface area contributed by atoms with Crippen molar-refractivity contribution in [3.63, 3.8) is 0 Å². The summed E-state index contributed by atoms with van der Waals surface area (Å²) in [5, 5.41) is 5.64. The van der Waals surface area contributed by atoms with E-state index in [1.165, 1.54) is 12.1 Å². The maximum atomic E-state index is 12.9. The summed E-state index contributed by atoms with van der Waals surface area (Å²) in [7, 11) is 0. The van der Waals surface area contributed by atoms with Crippen LogP contribution in [0.4, 0.5) is 9.18 Å². The van der Waals surface area contributed by atoms with Crippen LogP contribution in [0.5, 0.6) is 0 Å². The molecule has 2 N–H and O–H groups in total. The van der Waals surface area contributed by atoms with Gasteiger partial charge < -0.3 is 15.5 Å². The molecule has 0 saturated carbocycles. The van der Waals surface area contributed by atoms with Gasteiger partial charge in [0, 0.05) is 37.5 Å². The topological polar surface area (TPSA) is 61.4 Å². The summed E-state index contributed by atoms with van der Waals surface area (Å²) in [4.78, 5) is 25.5. The minimum atomic E-state index is -0.288. The molecule has 1 aliphatic rings. The Kier molecular flexibility index (Phi) is 5.23. The molecule has 1 fully saturated rings. The molecule has 0 aromatic heterocycles. The number of hydrogen-bond acceptors (Lipinski definition) is 2. The molecule has 6 heteroatoms. The average molecular weight is 321 g/mol. The molecule has 3 amide bonds. The fourth-order valence-corrected chi connectivity index (χ4v) is 2.58. The number of urea groups is 1. The molecule has 1 aromatic carbocycles. The van der Waals surface area contributed by atoms with E-state index in [1.54, 1.807) is 17.0 Å². The molecule has 1 heterocycles. The number of nitrogens with one attached hydrogen (secondary N) is 2. The van der Waals surface area contributed by atoms with Gasteiger partial charge in [-0.25, -0.2) is 9.18 Å². The van der Waals surface area contributed by atoms with E-state index in [0.717, 1.165) is 5.56 Å². The number of carbonyl (C=O) groups excluding carboxylic acids is 2. The minimum Gasteiger partial charge on any atom is -0.338 e. The normalized spacial score (nSPS) is 18.2. The van der Waals surface area contributed by atoms with Crippen LogP contribution in [0.3, 0.4) is 0 Å². The molecule has 1 saturated heterocycles. The van der Waals surface area contributed by atoms with E-state index in [2.05, 4.69) is 10.6 Å². The summed E-state index contributed by atoms with van der Waals surface area (Å²) in [6.45, 7) is 7.28. The van der Waals surface area contributed by atoms with Gasteiger partial charge in [-0.2, -0.15) is 0 Å². The van der Waals surface area contributed by atoms with Gasteiger partial charge in [-0.15, -0.1) is 0 Å². The van der Waals surface area contributed by atoms with Crippen LogP contribution >= 0.6 is 0 Å². The van der Waals surface area contributed by atoms with Gasteiger partial charge in [0.25, 0.3) is 0 Å². The van der Waals surface area contributed by atoms with Crippen molar-refractivity contribution in [2.45, 2.75) is 39.3 Å². The molecule has 1 atom stereocenters. The van der Waals surface area contributed by atoms with Gasteiger partial charge >= 0.3 is 6.03 Å². The number of rotatable bonds is 4. The lowest BCUT2D eigenvalue weighted by atomic mass is 10.1. The second kappa shape index (κ2) is 6.98. The molecular weight excluding hydrogens is 297 g/mol.